The average Bonchev–Trinajstić information content (AvgIpc) is 1.85. The van der Waals surface area contributed by atoms with E-state index in [1.165, 1.54) is 7.11 Å². The summed E-state index contributed by atoms with van der Waals surface area (Å²) in [6, 6.07) is 0. The maximum atomic E-state index is 10.6. The van der Waals surface area contributed by atoms with Crippen LogP contribution >= 0.6 is 0 Å². The second-order valence-electron chi connectivity index (χ2n) is 3.58. The summed E-state index contributed by atoms with van der Waals surface area (Å²) in [6.45, 7) is 7.85. The normalized spacial score (nSPS) is 13.9. The van der Waals surface area contributed by atoms with Gasteiger partial charge in [-0.3, -0.25) is 0 Å². The number of methoxy groups -OCH3 is 1. The minimum Gasteiger partial charge on any atom is -0.438 e. The van der Waals surface area contributed by atoms with Gasteiger partial charge in [-0.15, -0.1) is 0 Å². The number of carbonyl (C=O) groups excluding carboxylic acids is 1. The third-order valence-electron chi connectivity index (χ3n) is 1.66. The summed E-state index contributed by atoms with van der Waals surface area (Å²) in [5.74, 6) is 0. The third kappa shape index (κ3) is 3.86. The van der Waals surface area contributed by atoms with E-state index in [0.29, 0.717) is 0 Å². The van der Waals surface area contributed by atoms with Gasteiger partial charge in [0.15, 0.2) is 0 Å². The summed E-state index contributed by atoms with van der Waals surface area (Å²) < 4.78 is 9.26. The van der Waals surface area contributed by atoms with E-state index in [0.717, 1.165) is 0 Å². The highest BCUT2D eigenvalue weighted by Crippen LogP contribution is 2.21. The molecule has 3 nitrogen and oxygen atoms in total. The van der Waals surface area contributed by atoms with Crippen LogP contribution in [0, 0.1) is 5.41 Å². The number of rotatable bonds is 1. The summed E-state index contributed by atoms with van der Waals surface area (Å²) in [6.07, 6.45) is -0.748. The highest BCUT2D eigenvalue weighted by Gasteiger charge is 2.23. The Balaban J connectivity index is 3.87. The molecule has 0 aliphatic heterocycles. The fourth-order valence-electron chi connectivity index (χ4n) is 0.369. The van der Waals surface area contributed by atoms with E-state index in [1.807, 2.05) is 27.7 Å². The Morgan fingerprint density at radius 3 is 2.09 bits per heavy atom. The Labute approximate surface area is 67.7 Å². The first-order valence-electron chi connectivity index (χ1n) is 3.62. The highest BCUT2D eigenvalue weighted by molar-refractivity contribution is 5.59. The molecule has 11 heavy (non-hydrogen) atoms. The lowest BCUT2D eigenvalue weighted by molar-refractivity contribution is 0.00109. The minimum atomic E-state index is -0.618. The lowest BCUT2D eigenvalue weighted by Crippen LogP contribution is -2.28. The maximum Gasteiger partial charge on any atom is 0.508 e. The first-order chi connectivity index (χ1) is 4.88. The van der Waals surface area contributed by atoms with Gasteiger partial charge in [-0.25, -0.2) is 4.79 Å². The highest BCUT2D eigenvalue weighted by atomic mass is 16.7. The molecule has 0 aromatic carbocycles. The van der Waals surface area contributed by atoms with E-state index < -0.39 is 6.16 Å². The Morgan fingerprint density at radius 1 is 1.36 bits per heavy atom. The van der Waals surface area contributed by atoms with Crippen LogP contribution in [-0.4, -0.2) is 19.4 Å². The molecule has 0 saturated heterocycles. The SMILES string of the molecule is COC(=O)OC(C)C(C)(C)C. The zero-order valence-corrected chi connectivity index (χ0v) is 7.80. The van der Waals surface area contributed by atoms with E-state index in [9.17, 15) is 4.79 Å². The van der Waals surface area contributed by atoms with Crippen molar-refractivity contribution in [3.05, 3.63) is 0 Å². The van der Waals surface area contributed by atoms with Gasteiger partial charge in [0.2, 0.25) is 0 Å². The molecule has 0 amide bonds. The van der Waals surface area contributed by atoms with Crippen molar-refractivity contribution >= 4 is 6.16 Å². The Kier molecular flexibility index (Phi) is 3.36. The summed E-state index contributed by atoms with van der Waals surface area (Å²) in [4.78, 5) is 10.6. The van der Waals surface area contributed by atoms with Gasteiger partial charge in [0.05, 0.1) is 7.11 Å². The summed E-state index contributed by atoms with van der Waals surface area (Å²) >= 11 is 0. The summed E-state index contributed by atoms with van der Waals surface area (Å²) in [5.41, 5.74) is -0.0335. The molecular weight excluding hydrogens is 144 g/mol. The molecule has 1 atom stereocenters. The molecule has 1 unspecified atom stereocenters. The Morgan fingerprint density at radius 2 is 1.82 bits per heavy atom. The lowest BCUT2D eigenvalue weighted by atomic mass is 9.90. The van der Waals surface area contributed by atoms with Gasteiger partial charge < -0.3 is 9.47 Å². The molecule has 0 rings (SSSR count). The lowest BCUT2D eigenvalue weighted by Gasteiger charge is -2.25. The molecule has 66 valence electrons. The van der Waals surface area contributed by atoms with Crippen molar-refractivity contribution in [3.8, 4) is 0 Å². The Bertz CT molecular complexity index is 135. The van der Waals surface area contributed by atoms with Crippen LogP contribution in [0.3, 0.4) is 0 Å². The zero-order chi connectivity index (χ0) is 9.07. The smallest absolute Gasteiger partial charge is 0.438 e. The maximum absolute atomic E-state index is 10.6. The van der Waals surface area contributed by atoms with Gasteiger partial charge >= 0.3 is 6.16 Å². The number of hydrogen-bond donors (Lipinski definition) is 0. The molecule has 0 bridgehead atoms. The van der Waals surface area contributed by atoms with Crippen molar-refractivity contribution < 1.29 is 14.3 Å². The molecule has 0 heterocycles. The van der Waals surface area contributed by atoms with E-state index in [4.69, 9.17) is 4.74 Å². The second kappa shape index (κ2) is 3.60. The largest absolute Gasteiger partial charge is 0.508 e. The van der Waals surface area contributed by atoms with Crippen LogP contribution in [0.25, 0.3) is 0 Å². The van der Waals surface area contributed by atoms with Crippen molar-refractivity contribution in [2.75, 3.05) is 7.11 Å². The standard InChI is InChI=1S/C8H16O3/c1-6(8(2,3)4)11-7(9)10-5/h6H,1-5H3. The summed E-state index contributed by atoms with van der Waals surface area (Å²) in [7, 11) is 1.30. The van der Waals surface area contributed by atoms with Crippen molar-refractivity contribution in [2.24, 2.45) is 5.41 Å². The number of carbonyl (C=O) groups is 1. The second-order valence-corrected chi connectivity index (χ2v) is 3.58. The number of ether oxygens (including phenoxy) is 2. The first kappa shape index (κ1) is 10.3. The minimum absolute atomic E-state index is 0.0335. The molecule has 0 saturated carbocycles. The molecule has 0 N–H and O–H groups in total. The topological polar surface area (TPSA) is 35.5 Å². The number of hydrogen-bond acceptors (Lipinski definition) is 3. The molecule has 0 aliphatic carbocycles. The van der Waals surface area contributed by atoms with Crippen LogP contribution in [-0.2, 0) is 9.47 Å². The first-order valence-corrected chi connectivity index (χ1v) is 3.62. The molecule has 0 radical (unpaired) electrons. The van der Waals surface area contributed by atoms with Crippen LogP contribution in [0.15, 0.2) is 0 Å². The Hall–Kier alpha value is -0.730. The molecule has 0 fully saturated rings. The van der Waals surface area contributed by atoms with Gasteiger partial charge in [0.1, 0.15) is 6.10 Å². The quantitative estimate of drug-likeness (QED) is 0.551. The predicted molar refractivity (Wildman–Crippen MR) is 42.4 cm³/mol. The average molecular weight is 160 g/mol. The van der Waals surface area contributed by atoms with Gasteiger partial charge in [0, 0.05) is 0 Å². The molecule has 0 spiro atoms. The molecular formula is C8H16O3. The monoisotopic (exact) mass is 160 g/mol. The fourth-order valence-corrected chi connectivity index (χ4v) is 0.369. The van der Waals surface area contributed by atoms with Crippen LogP contribution in [0.5, 0.6) is 0 Å². The van der Waals surface area contributed by atoms with E-state index in [2.05, 4.69) is 4.74 Å². The molecule has 0 aromatic heterocycles. The third-order valence-corrected chi connectivity index (χ3v) is 1.66. The van der Waals surface area contributed by atoms with Crippen molar-refractivity contribution in [1.82, 2.24) is 0 Å². The van der Waals surface area contributed by atoms with Gasteiger partial charge in [-0.05, 0) is 12.3 Å². The van der Waals surface area contributed by atoms with Gasteiger partial charge in [0.25, 0.3) is 0 Å². The van der Waals surface area contributed by atoms with Crippen LogP contribution in [0.1, 0.15) is 27.7 Å². The molecule has 0 aliphatic rings. The van der Waals surface area contributed by atoms with Gasteiger partial charge in [-0.2, -0.15) is 0 Å². The fraction of sp³-hybridized carbons (Fsp3) is 0.875. The van der Waals surface area contributed by atoms with Crippen LogP contribution in [0.4, 0.5) is 4.79 Å². The summed E-state index contributed by atoms with van der Waals surface area (Å²) in [5, 5.41) is 0. The van der Waals surface area contributed by atoms with Crippen LogP contribution in [0.2, 0.25) is 0 Å². The van der Waals surface area contributed by atoms with Gasteiger partial charge in [-0.1, -0.05) is 20.8 Å². The molecule has 0 aromatic rings. The zero-order valence-electron chi connectivity index (χ0n) is 7.80. The predicted octanol–water partition coefficient (Wildman–Crippen LogP) is 2.20. The molecule has 3 heteroatoms. The van der Waals surface area contributed by atoms with Crippen molar-refractivity contribution in [1.29, 1.82) is 0 Å². The van der Waals surface area contributed by atoms with Crippen molar-refractivity contribution in [3.63, 3.8) is 0 Å². The van der Waals surface area contributed by atoms with E-state index in [-0.39, 0.29) is 11.5 Å². The van der Waals surface area contributed by atoms with Crippen LogP contribution < -0.4 is 0 Å². The van der Waals surface area contributed by atoms with E-state index in [1.54, 1.807) is 0 Å². The van der Waals surface area contributed by atoms with E-state index >= 15 is 0 Å². The van der Waals surface area contributed by atoms with Crippen molar-refractivity contribution in [2.45, 2.75) is 33.8 Å².